The van der Waals surface area contributed by atoms with Gasteiger partial charge < -0.3 is 5.32 Å². The Morgan fingerprint density at radius 2 is 1.76 bits per heavy atom. The van der Waals surface area contributed by atoms with E-state index in [0.717, 1.165) is 25.7 Å². The van der Waals surface area contributed by atoms with Gasteiger partial charge in [0.25, 0.3) is 5.91 Å². The third kappa shape index (κ3) is 5.13. The molecular weight excluding hydrogens is 463 g/mol. The molecule has 4 rings (SSSR count). The van der Waals surface area contributed by atoms with Gasteiger partial charge in [-0.2, -0.15) is 4.31 Å². The van der Waals surface area contributed by atoms with E-state index in [0.29, 0.717) is 29.6 Å². The topological polar surface area (TPSA) is 84.3 Å². The SMILES string of the molecule is CSc1ncc(C(=O)Nc2cccc(S(=O)(=O)N3CCCCCC3)c2)n1-c1ccc(F)cc1. The predicted octanol–water partition coefficient (Wildman–Crippen LogP) is 4.55. The highest BCUT2D eigenvalue weighted by Crippen LogP contribution is 2.25. The largest absolute Gasteiger partial charge is 0.321 e. The van der Waals surface area contributed by atoms with Crippen LogP contribution in [0.3, 0.4) is 0 Å². The number of anilines is 1. The van der Waals surface area contributed by atoms with Gasteiger partial charge in [-0.05, 0) is 61.6 Å². The first-order chi connectivity index (χ1) is 15.9. The summed E-state index contributed by atoms with van der Waals surface area (Å²) in [5, 5.41) is 3.35. The molecule has 3 aromatic rings. The Kier molecular flexibility index (Phi) is 7.16. The molecule has 2 heterocycles. The highest BCUT2D eigenvalue weighted by atomic mass is 32.2. The highest BCUT2D eigenvalue weighted by molar-refractivity contribution is 7.98. The van der Waals surface area contributed by atoms with Crippen molar-refractivity contribution in [3.63, 3.8) is 0 Å². The van der Waals surface area contributed by atoms with Gasteiger partial charge in [-0.3, -0.25) is 9.36 Å². The first-order valence-electron chi connectivity index (χ1n) is 10.7. The van der Waals surface area contributed by atoms with Crippen LogP contribution in [-0.4, -0.2) is 47.5 Å². The average molecular weight is 489 g/mol. The molecule has 1 aliphatic rings. The third-order valence-corrected chi connectivity index (χ3v) is 8.07. The number of hydrogen-bond donors (Lipinski definition) is 1. The van der Waals surface area contributed by atoms with Gasteiger partial charge in [-0.1, -0.05) is 30.7 Å². The summed E-state index contributed by atoms with van der Waals surface area (Å²) in [4.78, 5) is 17.5. The van der Waals surface area contributed by atoms with Gasteiger partial charge in [-0.25, -0.2) is 17.8 Å². The molecule has 10 heteroatoms. The van der Waals surface area contributed by atoms with Crippen LogP contribution in [0.4, 0.5) is 10.1 Å². The number of imidazole rings is 1. The van der Waals surface area contributed by atoms with E-state index in [-0.39, 0.29) is 16.4 Å². The normalized spacial score (nSPS) is 15.2. The summed E-state index contributed by atoms with van der Waals surface area (Å²) in [5.74, 6) is -0.825. The van der Waals surface area contributed by atoms with Crippen molar-refractivity contribution < 1.29 is 17.6 Å². The van der Waals surface area contributed by atoms with Crippen molar-refractivity contribution in [3.05, 3.63) is 66.2 Å². The Morgan fingerprint density at radius 3 is 2.42 bits per heavy atom. The summed E-state index contributed by atoms with van der Waals surface area (Å²) in [5.41, 5.74) is 1.22. The minimum atomic E-state index is -3.64. The summed E-state index contributed by atoms with van der Waals surface area (Å²) in [7, 11) is -3.64. The van der Waals surface area contributed by atoms with Crippen molar-refractivity contribution in [2.45, 2.75) is 35.7 Å². The van der Waals surface area contributed by atoms with Crippen LogP contribution in [0.15, 0.2) is 64.8 Å². The van der Waals surface area contributed by atoms with Crippen molar-refractivity contribution in [1.29, 1.82) is 0 Å². The van der Waals surface area contributed by atoms with Gasteiger partial charge in [0.15, 0.2) is 5.16 Å². The molecule has 2 aromatic carbocycles. The zero-order valence-electron chi connectivity index (χ0n) is 18.2. The summed E-state index contributed by atoms with van der Waals surface area (Å²) >= 11 is 1.36. The monoisotopic (exact) mass is 488 g/mol. The number of hydrogen-bond acceptors (Lipinski definition) is 5. The molecule has 1 saturated heterocycles. The number of rotatable bonds is 6. The lowest BCUT2D eigenvalue weighted by Gasteiger charge is -2.20. The molecule has 1 fully saturated rings. The lowest BCUT2D eigenvalue weighted by Crippen LogP contribution is -2.32. The fourth-order valence-corrected chi connectivity index (χ4v) is 5.95. The fraction of sp³-hybridized carbons (Fsp3) is 0.304. The minimum Gasteiger partial charge on any atom is -0.321 e. The van der Waals surface area contributed by atoms with Crippen LogP contribution < -0.4 is 5.32 Å². The molecule has 0 unspecified atom stereocenters. The molecule has 1 amide bonds. The predicted molar refractivity (Wildman–Crippen MR) is 127 cm³/mol. The van der Waals surface area contributed by atoms with E-state index in [1.54, 1.807) is 34.9 Å². The number of nitrogens with one attached hydrogen (secondary N) is 1. The third-order valence-electron chi connectivity index (χ3n) is 5.52. The molecular formula is C23H25FN4O3S2. The lowest BCUT2D eigenvalue weighted by molar-refractivity contribution is 0.102. The van der Waals surface area contributed by atoms with Crippen LogP contribution in [0.1, 0.15) is 36.2 Å². The van der Waals surface area contributed by atoms with Gasteiger partial charge in [0.05, 0.1) is 11.1 Å². The fourth-order valence-electron chi connectivity index (χ4n) is 3.84. The number of thioether (sulfide) groups is 1. The van der Waals surface area contributed by atoms with Crippen molar-refractivity contribution in [3.8, 4) is 5.69 Å². The maximum Gasteiger partial charge on any atom is 0.274 e. The number of nitrogens with zero attached hydrogens (tertiary/aromatic N) is 3. The van der Waals surface area contributed by atoms with E-state index < -0.39 is 15.9 Å². The number of carbonyl (C=O) groups excluding carboxylic acids is 1. The molecule has 174 valence electrons. The Morgan fingerprint density at radius 1 is 1.06 bits per heavy atom. The van der Waals surface area contributed by atoms with Crippen molar-refractivity contribution in [2.75, 3.05) is 24.7 Å². The Balaban J connectivity index is 1.60. The average Bonchev–Trinajstić information content (AvgIpc) is 3.04. The van der Waals surface area contributed by atoms with Crippen LogP contribution >= 0.6 is 11.8 Å². The van der Waals surface area contributed by atoms with E-state index in [4.69, 9.17) is 0 Å². The summed E-state index contributed by atoms with van der Waals surface area (Å²) in [6, 6.07) is 12.1. The second-order valence-electron chi connectivity index (χ2n) is 7.74. The number of amides is 1. The Labute approximate surface area is 197 Å². The van der Waals surface area contributed by atoms with E-state index in [9.17, 15) is 17.6 Å². The number of carbonyl (C=O) groups is 1. The van der Waals surface area contributed by atoms with Gasteiger partial charge >= 0.3 is 0 Å². The summed E-state index contributed by atoms with van der Waals surface area (Å²) < 4.78 is 42.8. The Bertz CT molecular complexity index is 1230. The maximum absolute atomic E-state index is 13.4. The van der Waals surface area contributed by atoms with Crippen LogP contribution in [0, 0.1) is 5.82 Å². The maximum atomic E-state index is 13.4. The first kappa shape index (κ1) is 23.5. The number of sulfonamides is 1. The number of benzene rings is 2. The quantitative estimate of drug-likeness (QED) is 0.515. The van der Waals surface area contributed by atoms with Crippen LogP contribution in [-0.2, 0) is 10.0 Å². The van der Waals surface area contributed by atoms with Gasteiger partial charge in [0.2, 0.25) is 10.0 Å². The standard InChI is InChI=1S/C23H25FN4O3S2/c1-32-23-25-16-21(28(23)19-11-9-17(24)10-12-19)22(29)26-18-7-6-8-20(15-18)33(30,31)27-13-4-2-3-5-14-27/h6-12,15-16H,2-5,13-14H2,1H3,(H,26,29). The highest BCUT2D eigenvalue weighted by Gasteiger charge is 2.26. The minimum absolute atomic E-state index is 0.152. The van der Waals surface area contributed by atoms with Crippen molar-refractivity contribution >= 4 is 33.4 Å². The zero-order valence-corrected chi connectivity index (χ0v) is 19.8. The molecule has 0 radical (unpaired) electrons. The smallest absolute Gasteiger partial charge is 0.274 e. The van der Waals surface area contributed by atoms with E-state index in [1.807, 2.05) is 6.26 Å². The molecule has 0 atom stereocenters. The lowest BCUT2D eigenvalue weighted by atomic mass is 10.2. The van der Waals surface area contributed by atoms with E-state index in [2.05, 4.69) is 10.3 Å². The van der Waals surface area contributed by atoms with Crippen LogP contribution in [0.25, 0.3) is 5.69 Å². The van der Waals surface area contributed by atoms with Crippen molar-refractivity contribution in [2.24, 2.45) is 0 Å². The summed E-state index contributed by atoms with van der Waals surface area (Å²) in [6.07, 6.45) is 7.04. The second-order valence-corrected chi connectivity index (χ2v) is 10.5. The van der Waals surface area contributed by atoms with Crippen LogP contribution in [0.2, 0.25) is 0 Å². The van der Waals surface area contributed by atoms with Gasteiger partial charge in [0.1, 0.15) is 11.5 Å². The van der Waals surface area contributed by atoms with Crippen molar-refractivity contribution in [1.82, 2.24) is 13.9 Å². The molecule has 33 heavy (non-hydrogen) atoms. The molecule has 0 aliphatic carbocycles. The molecule has 0 bridgehead atoms. The Hall–Kier alpha value is -2.69. The molecule has 1 N–H and O–H groups in total. The zero-order chi connectivity index (χ0) is 23.4. The number of halogens is 1. The van der Waals surface area contributed by atoms with E-state index >= 15 is 0 Å². The van der Waals surface area contributed by atoms with Gasteiger partial charge in [-0.15, -0.1) is 0 Å². The molecule has 7 nitrogen and oxygen atoms in total. The molecule has 0 spiro atoms. The first-order valence-corrected chi connectivity index (χ1v) is 13.4. The second kappa shape index (κ2) is 10.1. The molecule has 0 saturated carbocycles. The van der Waals surface area contributed by atoms with Crippen LogP contribution in [0.5, 0.6) is 0 Å². The summed E-state index contributed by atoms with van der Waals surface area (Å²) in [6.45, 7) is 1.01. The number of aromatic nitrogens is 2. The van der Waals surface area contributed by atoms with Gasteiger partial charge in [0, 0.05) is 24.5 Å². The van der Waals surface area contributed by atoms with E-state index in [1.165, 1.54) is 40.5 Å². The molecule has 1 aliphatic heterocycles. The molecule has 1 aromatic heterocycles.